The van der Waals surface area contributed by atoms with Gasteiger partial charge in [-0.1, -0.05) is 37.3 Å². The van der Waals surface area contributed by atoms with Crippen molar-refractivity contribution in [3.8, 4) is 0 Å². The van der Waals surface area contributed by atoms with Crippen LogP contribution in [0.3, 0.4) is 0 Å². The molecule has 0 saturated carbocycles. The van der Waals surface area contributed by atoms with Crippen LogP contribution in [-0.4, -0.2) is 18.1 Å². The number of pyridine rings is 1. The Morgan fingerprint density at radius 3 is 2.61 bits per heavy atom. The highest BCUT2D eigenvalue weighted by Crippen LogP contribution is 2.26. The van der Waals surface area contributed by atoms with Crippen LogP contribution in [0.25, 0.3) is 0 Å². The number of benzene rings is 1. The van der Waals surface area contributed by atoms with Gasteiger partial charge >= 0.3 is 5.97 Å². The minimum Gasteiger partial charge on any atom is -0.465 e. The molecule has 1 aromatic carbocycles. The second kappa shape index (κ2) is 5.45. The molecule has 0 N–H and O–H groups in total. The Hall–Kier alpha value is -2.16. The molecule has 1 aromatic heterocycles. The van der Waals surface area contributed by atoms with Gasteiger partial charge < -0.3 is 4.74 Å². The quantitative estimate of drug-likeness (QED) is 0.775. The molecular formula is C15H15NO2. The molecule has 3 heteroatoms. The maximum Gasteiger partial charge on any atom is 0.338 e. The lowest BCUT2D eigenvalue weighted by Gasteiger charge is -2.15. The molecule has 1 unspecified atom stereocenters. The van der Waals surface area contributed by atoms with E-state index < -0.39 is 0 Å². The Labute approximate surface area is 106 Å². The number of methoxy groups -OCH3 is 1. The molecule has 0 aliphatic heterocycles. The van der Waals surface area contributed by atoms with Crippen LogP contribution >= 0.6 is 0 Å². The molecule has 0 saturated heterocycles. The highest BCUT2D eigenvalue weighted by molar-refractivity contribution is 5.91. The van der Waals surface area contributed by atoms with Crippen LogP contribution in [0.15, 0.2) is 48.8 Å². The first-order valence-corrected chi connectivity index (χ1v) is 5.81. The summed E-state index contributed by atoms with van der Waals surface area (Å²) in [4.78, 5) is 15.8. The zero-order valence-electron chi connectivity index (χ0n) is 10.5. The Balaban J connectivity index is 2.42. The number of rotatable bonds is 3. The van der Waals surface area contributed by atoms with E-state index in [4.69, 9.17) is 4.74 Å². The molecule has 18 heavy (non-hydrogen) atoms. The van der Waals surface area contributed by atoms with E-state index in [1.807, 2.05) is 30.3 Å². The van der Waals surface area contributed by atoms with E-state index in [0.717, 1.165) is 11.1 Å². The van der Waals surface area contributed by atoms with Crippen molar-refractivity contribution in [3.05, 3.63) is 65.5 Å². The van der Waals surface area contributed by atoms with E-state index in [2.05, 4.69) is 11.9 Å². The monoisotopic (exact) mass is 241 g/mol. The molecule has 92 valence electrons. The number of carbonyl (C=O) groups excluding carboxylic acids is 1. The Bertz CT molecular complexity index is 537. The summed E-state index contributed by atoms with van der Waals surface area (Å²) in [7, 11) is 1.39. The molecule has 0 fully saturated rings. The van der Waals surface area contributed by atoms with Crippen molar-refractivity contribution >= 4 is 5.97 Å². The fourth-order valence-electron chi connectivity index (χ4n) is 1.97. The fraction of sp³-hybridized carbons (Fsp3) is 0.200. The van der Waals surface area contributed by atoms with E-state index in [1.54, 1.807) is 18.5 Å². The van der Waals surface area contributed by atoms with Crippen LogP contribution in [-0.2, 0) is 4.74 Å². The van der Waals surface area contributed by atoms with Gasteiger partial charge in [-0.2, -0.15) is 0 Å². The summed E-state index contributed by atoms with van der Waals surface area (Å²) in [5.41, 5.74) is 2.61. The summed E-state index contributed by atoms with van der Waals surface area (Å²) >= 11 is 0. The minimum atomic E-state index is -0.324. The van der Waals surface area contributed by atoms with Gasteiger partial charge in [0.25, 0.3) is 0 Å². The molecule has 2 aromatic rings. The second-order valence-electron chi connectivity index (χ2n) is 4.09. The van der Waals surface area contributed by atoms with Crippen molar-refractivity contribution in [2.45, 2.75) is 12.8 Å². The van der Waals surface area contributed by atoms with Gasteiger partial charge in [-0.3, -0.25) is 4.98 Å². The molecule has 2 rings (SSSR count). The molecule has 0 radical (unpaired) electrons. The van der Waals surface area contributed by atoms with E-state index in [-0.39, 0.29) is 11.9 Å². The second-order valence-corrected chi connectivity index (χ2v) is 4.09. The standard InChI is InChI=1S/C15H15NO2/c1-11(12-6-4-3-5-7-12)14-10-16-9-8-13(14)15(17)18-2/h3-11H,1-2H3. The smallest absolute Gasteiger partial charge is 0.338 e. The van der Waals surface area contributed by atoms with E-state index in [1.165, 1.54) is 7.11 Å². The maximum absolute atomic E-state index is 11.7. The summed E-state index contributed by atoms with van der Waals surface area (Å²) in [6.45, 7) is 2.05. The number of hydrogen-bond donors (Lipinski definition) is 0. The molecule has 0 bridgehead atoms. The number of hydrogen-bond acceptors (Lipinski definition) is 3. The summed E-state index contributed by atoms with van der Waals surface area (Å²) in [6, 6.07) is 11.7. The first-order chi connectivity index (χ1) is 8.74. The third kappa shape index (κ3) is 2.40. The van der Waals surface area contributed by atoms with Crippen molar-refractivity contribution in [3.63, 3.8) is 0 Å². The molecule has 0 spiro atoms. The topological polar surface area (TPSA) is 39.2 Å². The lowest BCUT2D eigenvalue weighted by molar-refractivity contribution is 0.0599. The van der Waals surface area contributed by atoms with Gasteiger partial charge in [0.2, 0.25) is 0 Å². The lowest BCUT2D eigenvalue weighted by Crippen LogP contribution is -2.09. The van der Waals surface area contributed by atoms with Gasteiger partial charge in [-0.15, -0.1) is 0 Å². The maximum atomic E-state index is 11.7. The van der Waals surface area contributed by atoms with Gasteiger partial charge in [0.15, 0.2) is 0 Å². The summed E-state index contributed by atoms with van der Waals surface area (Å²) in [5, 5.41) is 0. The van der Waals surface area contributed by atoms with Crippen molar-refractivity contribution in [1.82, 2.24) is 4.98 Å². The number of esters is 1. The summed E-state index contributed by atoms with van der Waals surface area (Å²) in [6.07, 6.45) is 3.33. The third-order valence-corrected chi connectivity index (χ3v) is 3.02. The van der Waals surface area contributed by atoms with Crippen LogP contribution in [0.1, 0.15) is 34.3 Å². The average molecular weight is 241 g/mol. The van der Waals surface area contributed by atoms with Crippen LogP contribution in [0.5, 0.6) is 0 Å². The molecule has 0 aliphatic rings. The van der Waals surface area contributed by atoms with E-state index in [0.29, 0.717) is 5.56 Å². The van der Waals surface area contributed by atoms with Crippen molar-refractivity contribution in [2.24, 2.45) is 0 Å². The Morgan fingerprint density at radius 2 is 1.94 bits per heavy atom. The van der Waals surface area contributed by atoms with Gasteiger partial charge in [0.1, 0.15) is 0 Å². The number of carbonyl (C=O) groups is 1. The van der Waals surface area contributed by atoms with Crippen molar-refractivity contribution < 1.29 is 9.53 Å². The Morgan fingerprint density at radius 1 is 1.22 bits per heavy atom. The average Bonchev–Trinajstić information content (AvgIpc) is 2.46. The predicted octanol–water partition coefficient (Wildman–Crippen LogP) is 3.02. The normalized spacial score (nSPS) is 11.9. The van der Waals surface area contributed by atoms with E-state index in [9.17, 15) is 4.79 Å². The SMILES string of the molecule is COC(=O)c1ccncc1C(C)c1ccccc1. The number of ether oxygens (including phenoxy) is 1. The highest BCUT2D eigenvalue weighted by atomic mass is 16.5. The number of aromatic nitrogens is 1. The zero-order valence-corrected chi connectivity index (χ0v) is 10.5. The summed E-state index contributed by atoms with van der Waals surface area (Å²) in [5.74, 6) is -0.218. The van der Waals surface area contributed by atoms with Gasteiger partial charge in [0, 0.05) is 18.3 Å². The molecule has 3 nitrogen and oxygen atoms in total. The Kier molecular flexibility index (Phi) is 3.72. The first kappa shape index (κ1) is 12.3. The molecule has 0 aliphatic carbocycles. The van der Waals surface area contributed by atoms with Crippen LogP contribution < -0.4 is 0 Å². The van der Waals surface area contributed by atoms with Gasteiger partial charge in [-0.05, 0) is 17.2 Å². The van der Waals surface area contributed by atoms with E-state index >= 15 is 0 Å². The van der Waals surface area contributed by atoms with Crippen LogP contribution in [0.4, 0.5) is 0 Å². The third-order valence-electron chi connectivity index (χ3n) is 3.02. The van der Waals surface area contributed by atoms with Crippen molar-refractivity contribution in [2.75, 3.05) is 7.11 Å². The van der Waals surface area contributed by atoms with Gasteiger partial charge in [-0.25, -0.2) is 4.79 Å². The predicted molar refractivity (Wildman–Crippen MR) is 69.5 cm³/mol. The first-order valence-electron chi connectivity index (χ1n) is 5.81. The minimum absolute atomic E-state index is 0.106. The van der Waals surface area contributed by atoms with Crippen LogP contribution in [0.2, 0.25) is 0 Å². The molecule has 0 amide bonds. The summed E-state index contributed by atoms with van der Waals surface area (Å²) < 4.78 is 4.80. The largest absolute Gasteiger partial charge is 0.465 e. The molecule has 1 heterocycles. The molecule has 1 atom stereocenters. The lowest BCUT2D eigenvalue weighted by atomic mass is 9.91. The van der Waals surface area contributed by atoms with Crippen molar-refractivity contribution in [1.29, 1.82) is 0 Å². The fourth-order valence-corrected chi connectivity index (χ4v) is 1.97. The number of nitrogens with zero attached hydrogens (tertiary/aromatic N) is 1. The molecular weight excluding hydrogens is 226 g/mol. The van der Waals surface area contributed by atoms with Crippen LogP contribution in [0, 0.1) is 0 Å². The zero-order chi connectivity index (χ0) is 13.0. The van der Waals surface area contributed by atoms with Gasteiger partial charge in [0.05, 0.1) is 12.7 Å². The highest BCUT2D eigenvalue weighted by Gasteiger charge is 2.17.